The number of hydrogen-bond acceptors (Lipinski definition) is 4. The van der Waals surface area contributed by atoms with Gasteiger partial charge in [0, 0.05) is 13.2 Å². The Morgan fingerprint density at radius 3 is 2.85 bits per heavy atom. The fourth-order valence-corrected chi connectivity index (χ4v) is 2.06. The van der Waals surface area contributed by atoms with E-state index in [9.17, 15) is 9.50 Å². The fourth-order valence-electron chi connectivity index (χ4n) is 2.06. The first kappa shape index (κ1) is 15.2. The molecule has 0 spiro atoms. The molecule has 5 heteroatoms. The number of rotatable bonds is 6. The molecule has 2 rings (SSSR count). The Morgan fingerprint density at radius 1 is 1.35 bits per heavy atom. The minimum Gasteiger partial charge on any atom is -0.488 e. The minimum absolute atomic E-state index is 0.0175. The van der Waals surface area contributed by atoms with E-state index in [1.54, 1.807) is 25.1 Å². The van der Waals surface area contributed by atoms with Gasteiger partial charge in [-0.25, -0.2) is 4.39 Å². The highest BCUT2D eigenvalue weighted by atomic mass is 19.1. The third-order valence-corrected chi connectivity index (χ3v) is 3.28. The maximum absolute atomic E-state index is 13.7. The summed E-state index contributed by atoms with van der Waals surface area (Å²) in [7, 11) is 0. The molecule has 0 bridgehead atoms. The van der Waals surface area contributed by atoms with Gasteiger partial charge in [0.25, 0.3) is 0 Å². The smallest absolute Gasteiger partial charge is 0.167 e. The van der Waals surface area contributed by atoms with E-state index in [1.165, 1.54) is 0 Å². The second-order valence-electron chi connectivity index (χ2n) is 5.00. The molecule has 20 heavy (non-hydrogen) atoms. The van der Waals surface area contributed by atoms with Crippen LogP contribution in [0.3, 0.4) is 0 Å². The van der Waals surface area contributed by atoms with Crippen LogP contribution in [0.1, 0.15) is 18.4 Å². The number of benzene rings is 1. The Labute approximate surface area is 118 Å². The SMILES string of the molecule is Cc1cccc(OCC(O)COC2CCOCC2)c1F. The molecule has 1 unspecified atom stereocenters. The zero-order chi connectivity index (χ0) is 14.4. The van der Waals surface area contributed by atoms with Gasteiger partial charge in [-0.05, 0) is 31.4 Å². The molecule has 1 saturated heterocycles. The zero-order valence-corrected chi connectivity index (χ0v) is 11.7. The normalized spacial score (nSPS) is 17.9. The molecular formula is C15H21FO4. The molecule has 1 fully saturated rings. The standard InChI is InChI=1S/C15H21FO4/c1-11-3-2-4-14(15(11)16)20-10-12(17)9-19-13-5-7-18-8-6-13/h2-4,12-13,17H,5-10H2,1H3. The van der Waals surface area contributed by atoms with Gasteiger partial charge in [-0.3, -0.25) is 0 Å². The Hall–Kier alpha value is -1.17. The quantitative estimate of drug-likeness (QED) is 0.869. The van der Waals surface area contributed by atoms with Gasteiger partial charge in [-0.1, -0.05) is 12.1 Å². The van der Waals surface area contributed by atoms with Crippen molar-refractivity contribution in [1.29, 1.82) is 0 Å². The van der Waals surface area contributed by atoms with Crippen LogP contribution in [0.5, 0.6) is 5.75 Å². The highest BCUT2D eigenvalue weighted by Crippen LogP contribution is 2.19. The predicted molar refractivity (Wildman–Crippen MR) is 72.4 cm³/mol. The van der Waals surface area contributed by atoms with Crippen molar-refractivity contribution in [2.75, 3.05) is 26.4 Å². The van der Waals surface area contributed by atoms with Crippen LogP contribution in [-0.2, 0) is 9.47 Å². The van der Waals surface area contributed by atoms with Gasteiger partial charge in [0.15, 0.2) is 11.6 Å². The van der Waals surface area contributed by atoms with E-state index in [0.717, 1.165) is 12.8 Å². The van der Waals surface area contributed by atoms with Gasteiger partial charge in [0.1, 0.15) is 12.7 Å². The lowest BCUT2D eigenvalue weighted by Gasteiger charge is -2.23. The molecule has 1 N–H and O–H groups in total. The Bertz CT molecular complexity index is 418. The second kappa shape index (κ2) is 7.57. The zero-order valence-electron chi connectivity index (χ0n) is 11.7. The van der Waals surface area contributed by atoms with E-state index in [1.807, 2.05) is 0 Å². The van der Waals surface area contributed by atoms with Crippen molar-refractivity contribution in [2.45, 2.75) is 32.0 Å². The molecular weight excluding hydrogens is 263 g/mol. The van der Waals surface area contributed by atoms with Crippen molar-refractivity contribution in [3.8, 4) is 5.75 Å². The molecule has 0 saturated carbocycles. The molecule has 1 aromatic carbocycles. The minimum atomic E-state index is -0.766. The monoisotopic (exact) mass is 284 g/mol. The summed E-state index contributed by atoms with van der Waals surface area (Å²) in [4.78, 5) is 0. The molecule has 0 amide bonds. The molecule has 1 heterocycles. The number of ether oxygens (including phenoxy) is 3. The topological polar surface area (TPSA) is 47.9 Å². The fraction of sp³-hybridized carbons (Fsp3) is 0.600. The van der Waals surface area contributed by atoms with Gasteiger partial charge in [-0.15, -0.1) is 0 Å². The van der Waals surface area contributed by atoms with Crippen LogP contribution in [0.15, 0.2) is 18.2 Å². The highest BCUT2D eigenvalue weighted by molar-refractivity contribution is 5.30. The molecule has 1 aliphatic heterocycles. The van der Waals surface area contributed by atoms with Crippen LogP contribution in [0.25, 0.3) is 0 Å². The van der Waals surface area contributed by atoms with E-state index in [2.05, 4.69) is 0 Å². The summed E-state index contributed by atoms with van der Waals surface area (Å²) in [5.41, 5.74) is 0.524. The molecule has 4 nitrogen and oxygen atoms in total. The van der Waals surface area contributed by atoms with Crippen LogP contribution in [0, 0.1) is 12.7 Å². The molecule has 0 aromatic heterocycles. The van der Waals surface area contributed by atoms with E-state index >= 15 is 0 Å². The van der Waals surface area contributed by atoms with Gasteiger partial charge >= 0.3 is 0 Å². The molecule has 1 aromatic rings. The number of aryl methyl sites for hydroxylation is 1. The summed E-state index contributed by atoms with van der Waals surface area (Å²) in [6, 6.07) is 4.94. The van der Waals surface area contributed by atoms with Gasteiger partial charge < -0.3 is 19.3 Å². The maximum atomic E-state index is 13.7. The number of aliphatic hydroxyl groups excluding tert-OH is 1. The first-order valence-electron chi connectivity index (χ1n) is 6.92. The van der Waals surface area contributed by atoms with Crippen molar-refractivity contribution in [3.05, 3.63) is 29.6 Å². The molecule has 0 aliphatic carbocycles. The molecule has 112 valence electrons. The first-order valence-corrected chi connectivity index (χ1v) is 6.92. The van der Waals surface area contributed by atoms with Crippen LogP contribution in [0.4, 0.5) is 4.39 Å². The van der Waals surface area contributed by atoms with Crippen molar-refractivity contribution in [2.24, 2.45) is 0 Å². The Morgan fingerprint density at radius 2 is 2.10 bits per heavy atom. The average molecular weight is 284 g/mol. The summed E-state index contributed by atoms with van der Waals surface area (Å²) in [5, 5.41) is 9.80. The first-order chi connectivity index (χ1) is 9.66. The maximum Gasteiger partial charge on any atom is 0.167 e. The van der Waals surface area contributed by atoms with Crippen molar-refractivity contribution < 1.29 is 23.7 Å². The number of aliphatic hydroxyl groups is 1. The van der Waals surface area contributed by atoms with E-state index in [-0.39, 0.29) is 30.9 Å². The van der Waals surface area contributed by atoms with E-state index in [0.29, 0.717) is 18.8 Å². The van der Waals surface area contributed by atoms with Crippen molar-refractivity contribution in [3.63, 3.8) is 0 Å². The van der Waals surface area contributed by atoms with Crippen LogP contribution in [-0.4, -0.2) is 43.7 Å². The van der Waals surface area contributed by atoms with Crippen LogP contribution in [0.2, 0.25) is 0 Å². The van der Waals surface area contributed by atoms with Gasteiger partial charge in [0.05, 0.1) is 12.7 Å². The highest BCUT2D eigenvalue weighted by Gasteiger charge is 2.16. The van der Waals surface area contributed by atoms with Crippen molar-refractivity contribution >= 4 is 0 Å². The van der Waals surface area contributed by atoms with E-state index < -0.39 is 6.10 Å². The molecule has 1 atom stereocenters. The largest absolute Gasteiger partial charge is 0.488 e. The average Bonchev–Trinajstić information content (AvgIpc) is 2.48. The summed E-state index contributed by atoms with van der Waals surface area (Å²) >= 11 is 0. The summed E-state index contributed by atoms with van der Waals surface area (Å²) in [6.07, 6.45) is 1.06. The lowest BCUT2D eigenvalue weighted by Crippen LogP contribution is -2.30. The van der Waals surface area contributed by atoms with Gasteiger partial charge in [-0.2, -0.15) is 0 Å². The number of hydrogen-bond donors (Lipinski definition) is 1. The third-order valence-electron chi connectivity index (χ3n) is 3.28. The van der Waals surface area contributed by atoms with Crippen LogP contribution < -0.4 is 4.74 Å². The molecule has 0 radical (unpaired) electrons. The molecule has 1 aliphatic rings. The van der Waals surface area contributed by atoms with Gasteiger partial charge in [0.2, 0.25) is 0 Å². The van der Waals surface area contributed by atoms with Crippen molar-refractivity contribution in [1.82, 2.24) is 0 Å². The predicted octanol–water partition coefficient (Wildman–Crippen LogP) is 2.07. The lowest BCUT2D eigenvalue weighted by molar-refractivity contribution is -0.0661. The summed E-state index contributed by atoms with van der Waals surface area (Å²) in [6.45, 7) is 3.28. The summed E-state index contributed by atoms with van der Waals surface area (Å²) < 4.78 is 29.8. The Kier molecular flexibility index (Phi) is 5.76. The third kappa shape index (κ3) is 4.44. The second-order valence-corrected chi connectivity index (χ2v) is 5.00. The van der Waals surface area contributed by atoms with E-state index in [4.69, 9.17) is 14.2 Å². The Balaban J connectivity index is 1.71. The number of halogens is 1. The lowest BCUT2D eigenvalue weighted by atomic mass is 10.1. The van der Waals surface area contributed by atoms with Crippen LogP contribution >= 0.6 is 0 Å². The summed E-state index contributed by atoms with van der Waals surface area (Å²) in [5.74, 6) is -0.222.